The fourth-order valence-electron chi connectivity index (χ4n) is 1.63. The van der Waals surface area contributed by atoms with E-state index in [9.17, 15) is 9.32 Å². The van der Waals surface area contributed by atoms with Crippen LogP contribution in [0.5, 0.6) is 0 Å². The second-order valence-electron chi connectivity index (χ2n) is 4.23. The number of aliphatic hydroxyl groups excluding tert-OH is 1. The van der Waals surface area contributed by atoms with Gasteiger partial charge in [-0.25, -0.2) is 0 Å². The van der Waals surface area contributed by atoms with Gasteiger partial charge in [0, 0.05) is 30.8 Å². The number of methoxy groups -OCH3 is 1. The molecule has 0 amide bonds. The van der Waals surface area contributed by atoms with Crippen molar-refractivity contribution in [1.82, 2.24) is 4.90 Å². The molecule has 0 aliphatic rings. The zero-order chi connectivity index (χ0) is 13.4. The van der Waals surface area contributed by atoms with E-state index >= 15 is 0 Å². The van der Waals surface area contributed by atoms with E-state index in [0.717, 1.165) is 4.90 Å². The van der Waals surface area contributed by atoms with Crippen LogP contribution in [0.15, 0.2) is 35.2 Å². The summed E-state index contributed by atoms with van der Waals surface area (Å²) in [7, 11) is 2.49. The molecule has 0 aliphatic carbocycles. The topological polar surface area (TPSA) is 49.8 Å². The third kappa shape index (κ3) is 5.73. The summed E-state index contributed by atoms with van der Waals surface area (Å²) in [5.41, 5.74) is 0. The molecule has 0 aliphatic heterocycles. The third-order valence-electron chi connectivity index (χ3n) is 2.55. The molecule has 2 atom stereocenters. The minimum Gasteiger partial charge on any atom is -0.389 e. The SMILES string of the molecule is COCC(O)CN(C)CCS(=O)c1ccccc1. The number of likely N-dealkylation sites (N-methyl/N-ethyl adjacent to an activating group) is 1. The standard InChI is InChI=1S/C13H21NO3S/c1-14(10-12(15)11-17-2)8-9-18(16)13-6-4-3-5-7-13/h3-7,12,15H,8-11H2,1-2H3. The van der Waals surface area contributed by atoms with E-state index in [-0.39, 0.29) is 0 Å². The van der Waals surface area contributed by atoms with Crippen molar-refractivity contribution in [1.29, 1.82) is 0 Å². The largest absolute Gasteiger partial charge is 0.389 e. The van der Waals surface area contributed by atoms with Crippen LogP contribution in [-0.4, -0.2) is 59.9 Å². The average Bonchev–Trinajstić information content (AvgIpc) is 2.37. The Morgan fingerprint density at radius 3 is 2.67 bits per heavy atom. The van der Waals surface area contributed by atoms with Crippen molar-refractivity contribution in [2.45, 2.75) is 11.0 Å². The molecular formula is C13H21NO3S. The van der Waals surface area contributed by atoms with Gasteiger partial charge < -0.3 is 14.7 Å². The maximum atomic E-state index is 12.0. The first-order valence-corrected chi connectivity index (χ1v) is 7.24. The van der Waals surface area contributed by atoms with Crippen molar-refractivity contribution in [3.05, 3.63) is 30.3 Å². The van der Waals surface area contributed by atoms with Gasteiger partial charge in [-0.05, 0) is 19.2 Å². The minimum atomic E-state index is -0.977. The van der Waals surface area contributed by atoms with Gasteiger partial charge >= 0.3 is 0 Å². The smallest absolute Gasteiger partial charge is 0.0899 e. The first-order valence-electron chi connectivity index (χ1n) is 5.92. The minimum absolute atomic E-state index is 0.326. The molecule has 1 aromatic carbocycles. The van der Waals surface area contributed by atoms with Crippen molar-refractivity contribution in [2.75, 3.05) is 39.6 Å². The fraction of sp³-hybridized carbons (Fsp3) is 0.538. The molecule has 18 heavy (non-hydrogen) atoms. The summed E-state index contributed by atoms with van der Waals surface area (Å²) in [6.45, 7) is 1.54. The Bertz CT molecular complexity index is 359. The second-order valence-corrected chi connectivity index (χ2v) is 5.80. The van der Waals surface area contributed by atoms with Gasteiger partial charge in [-0.15, -0.1) is 0 Å². The highest BCUT2D eigenvalue weighted by Crippen LogP contribution is 2.05. The molecule has 0 saturated carbocycles. The molecule has 5 heteroatoms. The Balaban J connectivity index is 2.30. The van der Waals surface area contributed by atoms with Crippen LogP contribution in [0, 0.1) is 0 Å². The molecule has 2 unspecified atom stereocenters. The van der Waals surface area contributed by atoms with Gasteiger partial charge in [0.05, 0.1) is 23.5 Å². The number of benzene rings is 1. The van der Waals surface area contributed by atoms with E-state index in [1.54, 1.807) is 7.11 Å². The van der Waals surface area contributed by atoms with Crippen molar-refractivity contribution in [3.8, 4) is 0 Å². The van der Waals surface area contributed by atoms with Gasteiger partial charge in [0.25, 0.3) is 0 Å². The molecule has 0 aromatic heterocycles. The lowest BCUT2D eigenvalue weighted by Gasteiger charge is -2.19. The summed E-state index contributed by atoms with van der Waals surface area (Å²) in [6, 6.07) is 9.43. The van der Waals surface area contributed by atoms with Gasteiger partial charge in [-0.2, -0.15) is 0 Å². The first kappa shape index (κ1) is 15.3. The molecule has 1 rings (SSSR count). The van der Waals surface area contributed by atoms with Crippen LogP contribution in [0.4, 0.5) is 0 Å². The number of ether oxygens (including phenoxy) is 1. The second kappa shape index (κ2) is 8.37. The van der Waals surface area contributed by atoms with Crippen LogP contribution in [0.1, 0.15) is 0 Å². The van der Waals surface area contributed by atoms with E-state index in [1.165, 1.54) is 0 Å². The highest BCUT2D eigenvalue weighted by Gasteiger charge is 2.09. The van der Waals surface area contributed by atoms with E-state index in [2.05, 4.69) is 0 Å². The Morgan fingerprint density at radius 1 is 1.39 bits per heavy atom. The van der Waals surface area contributed by atoms with Crippen LogP contribution in [0.2, 0.25) is 0 Å². The van der Waals surface area contributed by atoms with Crippen molar-refractivity contribution >= 4 is 10.8 Å². The van der Waals surface area contributed by atoms with Crippen LogP contribution in [-0.2, 0) is 15.5 Å². The Kier molecular flexibility index (Phi) is 7.12. The summed E-state index contributed by atoms with van der Waals surface area (Å²) in [6.07, 6.45) is -0.495. The van der Waals surface area contributed by atoms with Crippen LogP contribution in [0.3, 0.4) is 0 Å². The molecule has 0 spiro atoms. The quantitative estimate of drug-likeness (QED) is 0.757. The fourth-order valence-corrected chi connectivity index (χ4v) is 2.80. The van der Waals surface area contributed by atoms with Gasteiger partial charge in [-0.1, -0.05) is 18.2 Å². The first-order chi connectivity index (χ1) is 8.63. The number of hydrogen-bond acceptors (Lipinski definition) is 4. The van der Waals surface area contributed by atoms with Crippen molar-refractivity contribution < 1.29 is 14.1 Å². The highest BCUT2D eigenvalue weighted by molar-refractivity contribution is 7.85. The molecule has 102 valence electrons. The number of aliphatic hydroxyl groups is 1. The Morgan fingerprint density at radius 2 is 2.06 bits per heavy atom. The van der Waals surface area contributed by atoms with E-state index in [4.69, 9.17) is 4.74 Å². The molecule has 0 radical (unpaired) electrons. The molecule has 0 heterocycles. The van der Waals surface area contributed by atoms with Crippen LogP contribution >= 0.6 is 0 Å². The Hall–Kier alpha value is -0.750. The summed E-state index contributed by atoms with van der Waals surface area (Å²) >= 11 is 0. The van der Waals surface area contributed by atoms with Gasteiger partial charge in [0.2, 0.25) is 0 Å². The average molecular weight is 271 g/mol. The maximum Gasteiger partial charge on any atom is 0.0899 e. The molecular weight excluding hydrogens is 250 g/mol. The number of nitrogens with zero attached hydrogens (tertiary/aromatic N) is 1. The van der Waals surface area contributed by atoms with E-state index in [0.29, 0.717) is 25.4 Å². The molecule has 0 saturated heterocycles. The zero-order valence-corrected chi connectivity index (χ0v) is 11.7. The van der Waals surface area contributed by atoms with Crippen molar-refractivity contribution in [3.63, 3.8) is 0 Å². The summed E-state index contributed by atoms with van der Waals surface area (Å²) in [5.74, 6) is 0.570. The molecule has 1 N–H and O–H groups in total. The number of rotatable bonds is 8. The predicted octanol–water partition coefficient (Wildman–Crippen LogP) is 0.733. The lowest BCUT2D eigenvalue weighted by molar-refractivity contribution is 0.0445. The molecule has 0 fully saturated rings. The lowest BCUT2D eigenvalue weighted by Crippen LogP contribution is -2.34. The van der Waals surface area contributed by atoms with Gasteiger partial charge in [-0.3, -0.25) is 4.21 Å². The van der Waals surface area contributed by atoms with E-state index in [1.807, 2.05) is 42.3 Å². The summed E-state index contributed by atoms with van der Waals surface area (Å²) < 4.78 is 16.8. The van der Waals surface area contributed by atoms with Crippen LogP contribution in [0.25, 0.3) is 0 Å². The van der Waals surface area contributed by atoms with Crippen molar-refractivity contribution in [2.24, 2.45) is 0 Å². The predicted molar refractivity (Wildman–Crippen MR) is 73.1 cm³/mol. The van der Waals surface area contributed by atoms with Gasteiger partial charge in [0.1, 0.15) is 0 Å². The summed E-state index contributed by atoms with van der Waals surface area (Å²) in [4.78, 5) is 2.81. The molecule has 4 nitrogen and oxygen atoms in total. The normalized spacial score (nSPS) is 14.7. The highest BCUT2D eigenvalue weighted by atomic mass is 32.2. The maximum absolute atomic E-state index is 12.0. The zero-order valence-electron chi connectivity index (χ0n) is 10.9. The summed E-state index contributed by atoms with van der Waals surface area (Å²) in [5, 5.41) is 9.56. The lowest BCUT2D eigenvalue weighted by atomic mass is 10.3. The number of hydrogen-bond donors (Lipinski definition) is 1. The molecule has 1 aromatic rings. The monoisotopic (exact) mass is 271 g/mol. The third-order valence-corrected chi connectivity index (χ3v) is 3.90. The Labute approximate surface area is 111 Å². The van der Waals surface area contributed by atoms with Crippen LogP contribution < -0.4 is 0 Å². The van der Waals surface area contributed by atoms with Gasteiger partial charge in [0.15, 0.2) is 0 Å². The van der Waals surface area contributed by atoms with E-state index < -0.39 is 16.9 Å². The molecule has 0 bridgehead atoms.